The molecule has 1 aliphatic carbocycles. The van der Waals surface area contributed by atoms with Crippen LogP contribution < -0.4 is 9.62 Å². The number of sulfonamides is 1. The molecule has 1 N–H and O–H groups in total. The molecule has 0 aliphatic heterocycles. The van der Waals surface area contributed by atoms with Crippen LogP contribution in [0.15, 0.2) is 108 Å². The zero-order valence-electron chi connectivity index (χ0n) is 26.3. The van der Waals surface area contributed by atoms with Crippen molar-refractivity contribution in [2.75, 3.05) is 10.8 Å². The molecule has 0 heterocycles. The van der Waals surface area contributed by atoms with Crippen molar-refractivity contribution in [3.05, 3.63) is 130 Å². The van der Waals surface area contributed by atoms with Gasteiger partial charge in [0.05, 0.1) is 10.6 Å². The van der Waals surface area contributed by atoms with Gasteiger partial charge in [-0.1, -0.05) is 115 Å². The molecule has 10 heteroatoms. The molecule has 0 spiro atoms. The van der Waals surface area contributed by atoms with Crippen molar-refractivity contribution in [2.24, 2.45) is 0 Å². The minimum Gasteiger partial charge on any atom is -0.352 e. The molecule has 4 aromatic carbocycles. The summed E-state index contributed by atoms with van der Waals surface area (Å²) in [4.78, 5) is 30.4. The average Bonchev–Trinajstić information content (AvgIpc) is 3.08. The Hall–Kier alpha value is -3.85. The molecular formula is C37H39Cl2N3O4S. The number of amides is 2. The molecule has 1 saturated carbocycles. The fourth-order valence-corrected chi connectivity index (χ4v) is 7.85. The first-order chi connectivity index (χ1) is 22.6. The van der Waals surface area contributed by atoms with Crippen molar-refractivity contribution in [2.45, 2.75) is 69.0 Å². The topological polar surface area (TPSA) is 86.8 Å². The summed E-state index contributed by atoms with van der Waals surface area (Å²) in [6.45, 7) is 1.20. The van der Waals surface area contributed by atoms with Crippen LogP contribution in [0.5, 0.6) is 0 Å². The van der Waals surface area contributed by atoms with E-state index in [1.165, 1.54) is 17.0 Å². The smallest absolute Gasteiger partial charge is 0.264 e. The quantitative estimate of drug-likeness (QED) is 0.166. The maximum absolute atomic E-state index is 14.7. The fraction of sp³-hybridized carbons (Fsp3) is 0.297. The summed E-state index contributed by atoms with van der Waals surface area (Å²) in [7, 11) is -4.23. The molecule has 1 unspecified atom stereocenters. The fourth-order valence-electron chi connectivity index (χ4n) is 5.99. The minimum absolute atomic E-state index is 0.00183. The van der Waals surface area contributed by atoms with Gasteiger partial charge < -0.3 is 10.2 Å². The van der Waals surface area contributed by atoms with Crippen molar-refractivity contribution in [3.8, 4) is 0 Å². The van der Waals surface area contributed by atoms with Crippen LogP contribution in [0.3, 0.4) is 0 Å². The first-order valence-electron chi connectivity index (χ1n) is 15.8. The molecule has 1 aliphatic rings. The van der Waals surface area contributed by atoms with E-state index < -0.39 is 28.5 Å². The largest absolute Gasteiger partial charge is 0.352 e. The predicted molar refractivity (Wildman–Crippen MR) is 188 cm³/mol. The van der Waals surface area contributed by atoms with Crippen molar-refractivity contribution < 1.29 is 18.0 Å². The maximum Gasteiger partial charge on any atom is 0.264 e. The van der Waals surface area contributed by atoms with Crippen molar-refractivity contribution in [3.63, 3.8) is 0 Å². The summed E-state index contributed by atoms with van der Waals surface area (Å²) in [5.41, 5.74) is 2.41. The highest BCUT2D eigenvalue weighted by molar-refractivity contribution is 7.92. The number of nitrogens with zero attached hydrogens (tertiary/aromatic N) is 2. The third-order valence-electron chi connectivity index (χ3n) is 8.57. The highest BCUT2D eigenvalue weighted by atomic mass is 35.5. The minimum atomic E-state index is -4.23. The second kappa shape index (κ2) is 15.8. The van der Waals surface area contributed by atoms with Gasteiger partial charge >= 0.3 is 0 Å². The van der Waals surface area contributed by atoms with E-state index in [0.29, 0.717) is 21.2 Å². The molecule has 2 amide bonds. The van der Waals surface area contributed by atoms with Crippen molar-refractivity contribution in [1.29, 1.82) is 0 Å². The van der Waals surface area contributed by atoms with Gasteiger partial charge in [0.1, 0.15) is 12.6 Å². The van der Waals surface area contributed by atoms with Crippen LogP contribution in [0.1, 0.15) is 48.8 Å². The summed E-state index contributed by atoms with van der Waals surface area (Å²) >= 11 is 13.0. The van der Waals surface area contributed by atoms with Gasteiger partial charge in [0.15, 0.2) is 0 Å². The third-order valence-corrected chi connectivity index (χ3v) is 10.9. The second-order valence-electron chi connectivity index (χ2n) is 11.9. The lowest BCUT2D eigenvalue weighted by atomic mass is 9.94. The normalized spacial score (nSPS) is 14.3. The highest BCUT2D eigenvalue weighted by Gasteiger charge is 2.36. The zero-order chi connectivity index (χ0) is 33.4. The molecular weight excluding hydrogens is 653 g/mol. The lowest BCUT2D eigenvalue weighted by molar-refractivity contribution is -0.140. The highest BCUT2D eigenvalue weighted by Crippen LogP contribution is 2.30. The molecule has 7 nitrogen and oxygen atoms in total. The van der Waals surface area contributed by atoms with Crippen LogP contribution in [0.2, 0.25) is 10.0 Å². The number of anilines is 1. The summed E-state index contributed by atoms with van der Waals surface area (Å²) < 4.78 is 29.6. The van der Waals surface area contributed by atoms with E-state index in [1.807, 2.05) is 36.4 Å². The molecule has 0 radical (unpaired) electrons. The Bertz CT molecular complexity index is 1780. The molecule has 1 atom stereocenters. The number of hydrogen-bond acceptors (Lipinski definition) is 4. The molecule has 4 aromatic rings. The van der Waals surface area contributed by atoms with Crippen LogP contribution in [-0.2, 0) is 32.6 Å². The van der Waals surface area contributed by atoms with E-state index in [0.717, 1.165) is 42.0 Å². The SMILES string of the molecule is Cc1ccc(Cl)cc1N(CC(=O)N(Cc1ccccc1Cl)C(Cc1ccccc1)C(=O)NC1CCCCC1)S(=O)(=O)c1ccccc1. The van der Waals surface area contributed by atoms with Gasteiger partial charge in [-0.15, -0.1) is 0 Å². The summed E-state index contributed by atoms with van der Waals surface area (Å²) in [5.74, 6) is -0.832. The Labute approximate surface area is 287 Å². The Morgan fingerprint density at radius 1 is 0.851 bits per heavy atom. The Morgan fingerprint density at radius 3 is 2.17 bits per heavy atom. The van der Waals surface area contributed by atoms with E-state index in [9.17, 15) is 18.0 Å². The monoisotopic (exact) mass is 691 g/mol. The Morgan fingerprint density at radius 2 is 1.49 bits per heavy atom. The van der Waals surface area contributed by atoms with Crippen LogP contribution >= 0.6 is 23.2 Å². The maximum atomic E-state index is 14.7. The number of carbonyl (C=O) groups excluding carboxylic acids is 2. The van der Waals surface area contributed by atoms with Gasteiger partial charge in [-0.25, -0.2) is 8.42 Å². The molecule has 0 saturated heterocycles. The number of aryl methyl sites for hydroxylation is 1. The molecule has 0 aromatic heterocycles. The first-order valence-corrected chi connectivity index (χ1v) is 18.0. The Balaban J connectivity index is 1.59. The average molecular weight is 693 g/mol. The van der Waals surface area contributed by atoms with Crippen LogP contribution in [0.4, 0.5) is 5.69 Å². The molecule has 1 fully saturated rings. The van der Waals surface area contributed by atoms with E-state index in [2.05, 4.69) is 5.32 Å². The van der Waals surface area contributed by atoms with E-state index in [-0.39, 0.29) is 35.5 Å². The number of rotatable bonds is 12. The van der Waals surface area contributed by atoms with Crippen LogP contribution in [-0.4, -0.2) is 43.8 Å². The van der Waals surface area contributed by atoms with Crippen molar-refractivity contribution in [1.82, 2.24) is 10.2 Å². The lowest BCUT2D eigenvalue weighted by Crippen LogP contribution is -2.55. The summed E-state index contributed by atoms with van der Waals surface area (Å²) in [6, 6.07) is 28.6. The number of hydrogen-bond donors (Lipinski definition) is 1. The first kappa shape index (κ1) is 34.5. The molecule has 47 heavy (non-hydrogen) atoms. The van der Waals surface area contributed by atoms with Crippen molar-refractivity contribution >= 4 is 50.7 Å². The van der Waals surface area contributed by atoms with Gasteiger partial charge in [-0.05, 0) is 66.8 Å². The van der Waals surface area contributed by atoms with Gasteiger partial charge in [0.25, 0.3) is 10.0 Å². The van der Waals surface area contributed by atoms with Gasteiger partial charge in [-0.2, -0.15) is 0 Å². The molecule has 246 valence electrons. The van der Waals surface area contributed by atoms with E-state index in [4.69, 9.17) is 23.2 Å². The molecule has 0 bridgehead atoms. The second-order valence-corrected chi connectivity index (χ2v) is 14.6. The Kier molecular flexibility index (Phi) is 11.6. The number of carbonyl (C=O) groups is 2. The lowest BCUT2D eigenvalue weighted by Gasteiger charge is -2.35. The predicted octanol–water partition coefficient (Wildman–Crippen LogP) is 7.59. The zero-order valence-corrected chi connectivity index (χ0v) is 28.6. The van der Waals surface area contributed by atoms with Crippen LogP contribution in [0.25, 0.3) is 0 Å². The summed E-state index contributed by atoms with van der Waals surface area (Å²) in [5, 5.41) is 3.99. The summed E-state index contributed by atoms with van der Waals surface area (Å²) in [6.07, 6.45) is 5.17. The number of benzene rings is 4. The van der Waals surface area contributed by atoms with Gasteiger partial charge in [-0.3, -0.25) is 13.9 Å². The number of halogens is 2. The number of nitrogens with one attached hydrogen (secondary N) is 1. The van der Waals surface area contributed by atoms with Gasteiger partial charge in [0.2, 0.25) is 11.8 Å². The van der Waals surface area contributed by atoms with E-state index >= 15 is 0 Å². The van der Waals surface area contributed by atoms with Gasteiger partial charge in [0, 0.05) is 29.1 Å². The van der Waals surface area contributed by atoms with Crippen LogP contribution in [0, 0.1) is 6.92 Å². The van der Waals surface area contributed by atoms with E-state index in [1.54, 1.807) is 61.5 Å². The molecule has 5 rings (SSSR count). The standard InChI is InChI=1S/C37H39Cl2N3O4S/c1-27-21-22-30(38)24-34(27)42(47(45,46)32-18-9-4-10-19-32)26-36(43)41(25-29-15-11-12-20-33(29)39)35(23-28-13-5-2-6-14-28)37(44)40-31-16-7-3-8-17-31/h2,4-6,9-15,18-22,24,31,35H,3,7-8,16-17,23,25-26H2,1H3,(H,40,44). The third kappa shape index (κ3) is 8.74.